The van der Waals surface area contributed by atoms with Crippen LogP contribution in [-0.2, 0) is 20.9 Å². The lowest BCUT2D eigenvalue weighted by molar-refractivity contribution is -0.126. The van der Waals surface area contributed by atoms with Gasteiger partial charge in [0.1, 0.15) is 11.5 Å². The van der Waals surface area contributed by atoms with E-state index in [-0.39, 0.29) is 30.7 Å². The van der Waals surface area contributed by atoms with Crippen molar-refractivity contribution in [3.63, 3.8) is 0 Å². The van der Waals surface area contributed by atoms with Crippen molar-refractivity contribution in [3.8, 4) is 11.5 Å². The summed E-state index contributed by atoms with van der Waals surface area (Å²) in [7, 11) is 1.59. The van der Waals surface area contributed by atoms with Gasteiger partial charge in [-0.25, -0.2) is 0 Å². The molecule has 4 rings (SSSR count). The Bertz CT molecular complexity index is 1300. The van der Waals surface area contributed by atoms with E-state index in [0.29, 0.717) is 30.3 Å². The number of nitrogens with one attached hydrogen (secondary N) is 2. The molecule has 0 aromatic heterocycles. The van der Waals surface area contributed by atoms with E-state index in [0.717, 1.165) is 21.3 Å². The molecule has 2 N–H and O–H groups in total. The molecule has 0 bridgehead atoms. The number of amides is 3. The van der Waals surface area contributed by atoms with E-state index in [2.05, 4.69) is 26.6 Å². The zero-order valence-electron chi connectivity index (χ0n) is 20.6. The minimum atomic E-state index is -0.441. The van der Waals surface area contributed by atoms with Crippen molar-refractivity contribution in [3.05, 3.63) is 82.3 Å². The molecule has 0 radical (unpaired) electrons. The lowest BCUT2D eigenvalue weighted by Crippen LogP contribution is -2.32. The first-order chi connectivity index (χ1) is 17.8. The van der Waals surface area contributed by atoms with E-state index in [1.165, 1.54) is 0 Å². The minimum Gasteiger partial charge on any atom is -0.496 e. The first-order valence-electron chi connectivity index (χ1n) is 11.8. The van der Waals surface area contributed by atoms with Gasteiger partial charge in [-0.3, -0.25) is 14.4 Å². The van der Waals surface area contributed by atoms with Crippen LogP contribution in [0.25, 0.3) is 0 Å². The Morgan fingerprint density at radius 2 is 1.84 bits per heavy atom. The molecule has 37 heavy (non-hydrogen) atoms. The molecule has 3 aromatic carbocycles. The second kappa shape index (κ2) is 11.9. The third-order valence-corrected chi connectivity index (χ3v) is 6.62. The van der Waals surface area contributed by atoms with Gasteiger partial charge < -0.3 is 25.0 Å². The Morgan fingerprint density at radius 3 is 2.57 bits per heavy atom. The molecule has 1 atom stereocenters. The van der Waals surface area contributed by atoms with Gasteiger partial charge in [-0.15, -0.1) is 0 Å². The molecular formula is C28H28BrN3O5. The van der Waals surface area contributed by atoms with Gasteiger partial charge in [-0.05, 0) is 61.0 Å². The number of hydrogen-bond acceptors (Lipinski definition) is 5. The second-order valence-corrected chi connectivity index (χ2v) is 9.64. The molecule has 1 fully saturated rings. The molecule has 3 amide bonds. The summed E-state index contributed by atoms with van der Waals surface area (Å²) in [5.74, 6) is 0.207. The topological polar surface area (TPSA) is 97.0 Å². The van der Waals surface area contributed by atoms with Gasteiger partial charge in [0, 0.05) is 40.9 Å². The summed E-state index contributed by atoms with van der Waals surface area (Å²) in [6.45, 7) is 2.39. The number of benzene rings is 3. The number of ether oxygens (including phenoxy) is 2. The predicted molar refractivity (Wildman–Crippen MR) is 145 cm³/mol. The van der Waals surface area contributed by atoms with Crippen LogP contribution in [0.1, 0.15) is 17.5 Å². The second-order valence-electron chi connectivity index (χ2n) is 8.73. The highest BCUT2D eigenvalue weighted by molar-refractivity contribution is 9.10. The standard InChI is InChI=1S/C28H28BrN3O5/c1-18-13-21(29)7-12-24(18)31-26(33)17-37-23-10-8-22(9-11-23)32-16-20(14-27(32)34)28(35)30-15-19-5-3-4-6-25(19)36-2/h3-13,20H,14-17H2,1-2H3,(H,30,35)(H,31,33)/t20-/m0/s1. The fourth-order valence-corrected chi connectivity index (χ4v) is 4.61. The number of nitrogens with zero attached hydrogens (tertiary/aromatic N) is 1. The van der Waals surface area contributed by atoms with Crippen molar-refractivity contribution >= 4 is 45.0 Å². The monoisotopic (exact) mass is 565 g/mol. The molecule has 1 aliphatic rings. The summed E-state index contributed by atoms with van der Waals surface area (Å²) in [4.78, 5) is 39.2. The number of carbonyl (C=O) groups excluding carboxylic acids is 3. The van der Waals surface area contributed by atoms with E-state index in [1.807, 2.05) is 49.4 Å². The van der Waals surface area contributed by atoms with Gasteiger partial charge in [-0.2, -0.15) is 0 Å². The maximum atomic E-state index is 12.7. The molecule has 0 spiro atoms. The number of methoxy groups -OCH3 is 1. The van der Waals surface area contributed by atoms with Gasteiger partial charge in [0.2, 0.25) is 11.8 Å². The molecule has 9 heteroatoms. The Labute approximate surface area is 224 Å². The average Bonchev–Trinajstić information content (AvgIpc) is 3.29. The van der Waals surface area contributed by atoms with Crippen LogP contribution >= 0.6 is 15.9 Å². The van der Waals surface area contributed by atoms with Crippen molar-refractivity contribution in [2.45, 2.75) is 19.9 Å². The summed E-state index contributed by atoms with van der Waals surface area (Å²) >= 11 is 3.40. The number of halogens is 1. The summed E-state index contributed by atoms with van der Waals surface area (Å²) in [5, 5.41) is 5.74. The zero-order valence-corrected chi connectivity index (χ0v) is 22.2. The SMILES string of the molecule is COc1ccccc1CNC(=O)[C@H]1CC(=O)N(c2ccc(OCC(=O)Nc3ccc(Br)cc3C)cc2)C1. The zero-order chi connectivity index (χ0) is 26.4. The summed E-state index contributed by atoms with van der Waals surface area (Å²) in [6.07, 6.45) is 0.144. The highest BCUT2D eigenvalue weighted by atomic mass is 79.9. The highest BCUT2D eigenvalue weighted by Gasteiger charge is 2.35. The van der Waals surface area contributed by atoms with Gasteiger partial charge in [0.25, 0.3) is 5.91 Å². The highest BCUT2D eigenvalue weighted by Crippen LogP contribution is 2.27. The number of rotatable bonds is 9. The quantitative estimate of drug-likeness (QED) is 0.399. The molecule has 0 saturated carbocycles. The third kappa shape index (κ3) is 6.68. The molecule has 1 heterocycles. The van der Waals surface area contributed by atoms with Crippen LogP contribution in [-0.4, -0.2) is 38.0 Å². The van der Waals surface area contributed by atoms with Crippen LogP contribution in [0.4, 0.5) is 11.4 Å². The molecule has 1 aliphatic heterocycles. The molecular weight excluding hydrogens is 538 g/mol. The Balaban J connectivity index is 1.28. The number of hydrogen-bond donors (Lipinski definition) is 2. The van der Waals surface area contributed by atoms with Crippen LogP contribution in [0.2, 0.25) is 0 Å². The fraction of sp³-hybridized carbons (Fsp3) is 0.250. The van der Waals surface area contributed by atoms with E-state index in [4.69, 9.17) is 9.47 Å². The van der Waals surface area contributed by atoms with Crippen LogP contribution in [0.5, 0.6) is 11.5 Å². The fourth-order valence-electron chi connectivity index (χ4n) is 4.13. The number of aryl methyl sites for hydroxylation is 1. The smallest absolute Gasteiger partial charge is 0.262 e. The Morgan fingerprint density at radius 1 is 1.08 bits per heavy atom. The number of anilines is 2. The van der Waals surface area contributed by atoms with Crippen molar-refractivity contribution in [1.29, 1.82) is 0 Å². The normalized spacial score (nSPS) is 14.8. The first-order valence-corrected chi connectivity index (χ1v) is 12.6. The maximum Gasteiger partial charge on any atom is 0.262 e. The van der Waals surface area contributed by atoms with Crippen LogP contribution in [0, 0.1) is 12.8 Å². The predicted octanol–water partition coefficient (Wildman–Crippen LogP) is 4.45. The van der Waals surface area contributed by atoms with Gasteiger partial charge in [-0.1, -0.05) is 34.1 Å². The average molecular weight is 566 g/mol. The Kier molecular flexibility index (Phi) is 8.45. The summed E-state index contributed by atoms with van der Waals surface area (Å²) < 4.78 is 11.9. The molecule has 0 aliphatic carbocycles. The lowest BCUT2D eigenvalue weighted by Gasteiger charge is -2.17. The van der Waals surface area contributed by atoms with Crippen LogP contribution in [0.3, 0.4) is 0 Å². The molecule has 1 saturated heterocycles. The maximum absolute atomic E-state index is 12.7. The third-order valence-electron chi connectivity index (χ3n) is 6.12. The van der Waals surface area contributed by atoms with Crippen LogP contribution < -0.4 is 25.0 Å². The molecule has 8 nitrogen and oxygen atoms in total. The van der Waals surface area contributed by atoms with Gasteiger partial charge in [0.15, 0.2) is 6.61 Å². The first kappa shape index (κ1) is 26.2. The van der Waals surface area contributed by atoms with Gasteiger partial charge >= 0.3 is 0 Å². The largest absolute Gasteiger partial charge is 0.496 e. The molecule has 3 aromatic rings. The number of carbonyl (C=O) groups is 3. The van der Waals surface area contributed by atoms with E-state index in [9.17, 15) is 14.4 Å². The van der Waals surface area contributed by atoms with Crippen molar-refractivity contribution in [1.82, 2.24) is 5.32 Å². The lowest BCUT2D eigenvalue weighted by atomic mass is 10.1. The molecule has 192 valence electrons. The van der Waals surface area contributed by atoms with Crippen molar-refractivity contribution in [2.75, 3.05) is 30.5 Å². The summed E-state index contributed by atoms with van der Waals surface area (Å²) in [5.41, 5.74) is 3.21. The van der Waals surface area contributed by atoms with E-state index < -0.39 is 5.92 Å². The van der Waals surface area contributed by atoms with Crippen molar-refractivity contribution < 1.29 is 23.9 Å². The number of para-hydroxylation sites is 1. The minimum absolute atomic E-state index is 0.115. The Hall–Kier alpha value is -3.85. The van der Waals surface area contributed by atoms with E-state index >= 15 is 0 Å². The van der Waals surface area contributed by atoms with Crippen molar-refractivity contribution in [2.24, 2.45) is 5.92 Å². The van der Waals surface area contributed by atoms with E-state index in [1.54, 1.807) is 36.3 Å². The summed E-state index contributed by atoms with van der Waals surface area (Å²) in [6, 6.07) is 20.0. The molecule has 0 unspecified atom stereocenters. The van der Waals surface area contributed by atoms with Crippen LogP contribution in [0.15, 0.2) is 71.2 Å². The van der Waals surface area contributed by atoms with Gasteiger partial charge in [0.05, 0.1) is 13.0 Å².